The molecule has 0 bridgehead atoms. The topological polar surface area (TPSA) is 127 Å². The molecule has 0 aliphatic rings. The second-order valence-electron chi connectivity index (χ2n) is 8.36. The van der Waals surface area contributed by atoms with Crippen LogP contribution in [-0.4, -0.2) is 46.4 Å². The maximum atomic E-state index is 12.7. The molecular formula is C25H27F3N4O5. The summed E-state index contributed by atoms with van der Waals surface area (Å²) in [7, 11) is 0. The van der Waals surface area contributed by atoms with Gasteiger partial charge in [-0.2, -0.15) is 13.2 Å². The average Bonchev–Trinajstić information content (AvgIpc) is 3.38. The average molecular weight is 521 g/mol. The third-order valence-corrected chi connectivity index (χ3v) is 5.65. The van der Waals surface area contributed by atoms with E-state index in [1.807, 2.05) is 0 Å². The Morgan fingerprint density at radius 1 is 1.08 bits per heavy atom. The minimum Gasteiger partial charge on any atom is -0.491 e. The van der Waals surface area contributed by atoms with Gasteiger partial charge in [-0.15, -0.1) is 10.2 Å². The lowest BCUT2D eigenvalue weighted by Gasteiger charge is -2.25. The summed E-state index contributed by atoms with van der Waals surface area (Å²) in [6.45, 7) is 4.48. The molecule has 0 aliphatic carbocycles. The normalized spacial score (nSPS) is 13.0. The summed E-state index contributed by atoms with van der Waals surface area (Å²) in [5.41, 5.74) is 1.53. The Morgan fingerprint density at radius 3 is 2.32 bits per heavy atom. The largest absolute Gasteiger partial charge is 0.491 e. The fraction of sp³-hybridized carbons (Fsp3) is 0.360. The van der Waals surface area contributed by atoms with Crippen LogP contribution in [0.5, 0.6) is 5.75 Å². The standard InChI is InChI=1S/C25H27F3N4O5/c1-3-15(2)20(30-18-8-4-16(5-9-18)22(35)29-13-12-21(33)34)14-36-19-10-6-17(7-11-19)23-31-32-24(37-23)25(26,27)28/h4-11,15,20,30H,3,12-14H2,1-2H3,(H,29,35)(H,33,34)/t15?,20-/m1/s1. The number of carbonyl (C=O) groups is 2. The Morgan fingerprint density at radius 2 is 1.76 bits per heavy atom. The van der Waals surface area contributed by atoms with Crippen LogP contribution in [0.2, 0.25) is 0 Å². The number of aliphatic carboxylic acids is 1. The summed E-state index contributed by atoms with van der Waals surface area (Å²) in [6, 6.07) is 13.0. The Hall–Kier alpha value is -4.09. The van der Waals surface area contributed by atoms with E-state index in [0.717, 1.165) is 12.1 Å². The molecule has 0 radical (unpaired) electrons. The highest BCUT2D eigenvalue weighted by Crippen LogP contribution is 2.30. The highest BCUT2D eigenvalue weighted by atomic mass is 19.4. The van der Waals surface area contributed by atoms with E-state index in [1.54, 1.807) is 36.4 Å². The zero-order chi connectivity index (χ0) is 27.0. The van der Waals surface area contributed by atoms with Crippen LogP contribution in [0, 0.1) is 5.92 Å². The van der Waals surface area contributed by atoms with Crippen LogP contribution in [0.15, 0.2) is 52.9 Å². The number of aromatic nitrogens is 2. The number of alkyl halides is 3. The number of hydrogen-bond donors (Lipinski definition) is 3. The summed E-state index contributed by atoms with van der Waals surface area (Å²) in [5, 5.41) is 21.1. The van der Waals surface area contributed by atoms with Gasteiger partial charge in [0, 0.05) is 23.4 Å². The van der Waals surface area contributed by atoms with Crippen molar-refractivity contribution in [1.29, 1.82) is 0 Å². The molecule has 3 aromatic rings. The van der Waals surface area contributed by atoms with Crippen molar-refractivity contribution in [1.82, 2.24) is 15.5 Å². The predicted octanol–water partition coefficient (Wildman–Crippen LogP) is 4.87. The molecule has 0 saturated heterocycles. The number of hydrogen-bond acceptors (Lipinski definition) is 7. The van der Waals surface area contributed by atoms with Crippen LogP contribution in [0.25, 0.3) is 11.5 Å². The van der Waals surface area contributed by atoms with Crippen LogP contribution in [-0.2, 0) is 11.0 Å². The molecule has 37 heavy (non-hydrogen) atoms. The summed E-state index contributed by atoms with van der Waals surface area (Å²) >= 11 is 0. The molecule has 2 aromatic carbocycles. The number of rotatable bonds is 12. The van der Waals surface area contributed by atoms with Crippen molar-refractivity contribution in [3.63, 3.8) is 0 Å². The van der Waals surface area contributed by atoms with Gasteiger partial charge in [0.15, 0.2) is 0 Å². The van der Waals surface area contributed by atoms with Gasteiger partial charge in [0.05, 0.1) is 12.5 Å². The molecule has 1 unspecified atom stereocenters. The number of nitrogens with one attached hydrogen (secondary N) is 2. The molecule has 1 aromatic heterocycles. The lowest BCUT2D eigenvalue weighted by Crippen LogP contribution is -2.33. The molecule has 1 amide bonds. The lowest BCUT2D eigenvalue weighted by atomic mass is 9.99. The van der Waals surface area contributed by atoms with Gasteiger partial charge in [-0.05, 0) is 54.4 Å². The Kier molecular flexibility index (Phi) is 9.10. The molecule has 2 atom stereocenters. The van der Waals surface area contributed by atoms with E-state index in [1.165, 1.54) is 12.1 Å². The number of amides is 1. The number of anilines is 1. The van der Waals surface area contributed by atoms with Crippen molar-refractivity contribution in [2.45, 2.75) is 38.9 Å². The lowest BCUT2D eigenvalue weighted by molar-refractivity contribution is -0.157. The number of benzene rings is 2. The molecule has 3 rings (SSSR count). The van der Waals surface area contributed by atoms with Crippen LogP contribution >= 0.6 is 0 Å². The molecule has 0 fully saturated rings. The summed E-state index contributed by atoms with van der Waals surface area (Å²) in [6.07, 6.45) is -3.98. The van der Waals surface area contributed by atoms with Gasteiger partial charge in [0.2, 0.25) is 5.89 Å². The maximum absolute atomic E-state index is 12.7. The van der Waals surface area contributed by atoms with Crippen molar-refractivity contribution >= 4 is 17.6 Å². The molecule has 9 nitrogen and oxygen atoms in total. The third-order valence-electron chi connectivity index (χ3n) is 5.65. The Labute approximate surface area is 211 Å². The smallest absolute Gasteiger partial charge is 0.470 e. The summed E-state index contributed by atoms with van der Waals surface area (Å²) in [5.74, 6) is -2.23. The van der Waals surface area contributed by atoms with Crippen molar-refractivity contribution < 1.29 is 37.0 Å². The number of carbonyl (C=O) groups excluding carboxylic acids is 1. The minimum atomic E-state index is -4.71. The van der Waals surface area contributed by atoms with Crippen molar-refractivity contribution in [2.75, 3.05) is 18.5 Å². The monoisotopic (exact) mass is 520 g/mol. The Balaban J connectivity index is 1.58. The zero-order valence-electron chi connectivity index (χ0n) is 20.2. The van der Waals surface area contributed by atoms with E-state index in [2.05, 4.69) is 39.1 Å². The van der Waals surface area contributed by atoms with Gasteiger partial charge in [-0.25, -0.2) is 0 Å². The van der Waals surface area contributed by atoms with Crippen molar-refractivity contribution in [3.05, 3.63) is 60.0 Å². The van der Waals surface area contributed by atoms with Gasteiger partial charge in [-0.3, -0.25) is 9.59 Å². The zero-order valence-corrected chi connectivity index (χ0v) is 20.2. The van der Waals surface area contributed by atoms with Gasteiger partial charge >= 0.3 is 18.0 Å². The number of halogens is 3. The van der Waals surface area contributed by atoms with E-state index < -0.39 is 18.0 Å². The second kappa shape index (κ2) is 12.2. The molecule has 0 saturated carbocycles. The number of ether oxygens (including phenoxy) is 1. The van der Waals surface area contributed by atoms with Crippen LogP contribution in [0.4, 0.5) is 18.9 Å². The van der Waals surface area contributed by atoms with Crippen LogP contribution in [0.1, 0.15) is 42.9 Å². The summed E-state index contributed by atoms with van der Waals surface area (Å²) in [4.78, 5) is 22.7. The first-order valence-electron chi connectivity index (χ1n) is 11.6. The first-order chi connectivity index (χ1) is 17.6. The van der Waals surface area contributed by atoms with Crippen LogP contribution in [0.3, 0.4) is 0 Å². The fourth-order valence-corrected chi connectivity index (χ4v) is 3.28. The molecule has 3 N–H and O–H groups in total. The third kappa shape index (κ3) is 7.95. The van der Waals surface area contributed by atoms with E-state index in [-0.39, 0.29) is 36.7 Å². The fourth-order valence-electron chi connectivity index (χ4n) is 3.28. The van der Waals surface area contributed by atoms with E-state index >= 15 is 0 Å². The highest BCUT2D eigenvalue weighted by Gasteiger charge is 2.38. The van der Waals surface area contributed by atoms with Gasteiger partial charge in [0.1, 0.15) is 12.4 Å². The van der Waals surface area contributed by atoms with E-state index in [9.17, 15) is 22.8 Å². The molecule has 198 valence electrons. The number of nitrogens with zero attached hydrogens (tertiary/aromatic N) is 2. The summed E-state index contributed by atoms with van der Waals surface area (Å²) < 4.78 is 48.6. The van der Waals surface area contributed by atoms with Gasteiger partial charge in [-0.1, -0.05) is 20.3 Å². The number of carboxylic acid groups (broad SMARTS) is 1. The molecule has 1 heterocycles. The predicted molar refractivity (Wildman–Crippen MR) is 128 cm³/mol. The molecular weight excluding hydrogens is 493 g/mol. The quantitative estimate of drug-likeness (QED) is 0.309. The van der Waals surface area contributed by atoms with Crippen molar-refractivity contribution in [2.24, 2.45) is 5.92 Å². The minimum absolute atomic E-state index is 0.0477. The highest BCUT2D eigenvalue weighted by molar-refractivity contribution is 5.94. The van der Waals surface area contributed by atoms with E-state index in [0.29, 0.717) is 23.5 Å². The molecule has 0 aliphatic heterocycles. The molecule has 12 heteroatoms. The number of carboxylic acids is 1. The van der Waals surface area contributed by atoms with Gasteiger partial charge in [0.25, 0.3) is 5.91 Å². The van der Waals surface area contributed by atoms with E-state index in [4.69, 9.17) is 9.84 Å². The van der Waals surface area contributed by atoms with Gasteiger partial charge < -0.3 is 24.9 Å². The Bertz CT molecular complexity index is 1180. The first kappa shape index (κ1) is 27.5. The maximum Gasteiger partial charge on any atom is 0.470 e. The SMILES string of the molecule is CCC(C)[C@@H](COc1ccc(-c2nnc(C(F)(F)F)o2)cc1)Nc1ccc(C(=O)NCCC(=O)O)cc1. The second-order valence-corrected chi connectivity index (χ2v) is 8.36. The van der Waals surface area contributed by atoms with Crippen molar-refractivity contribution in [3.8, 4) is 17.2 Å². The first-order valence-corrected chi connectivity index (χ1v) is 11.6. The molecule has 0 spiro atoms. The van der Waals surface area contributed by atoms with Crippen LogP contribution < -0.4 is 15.4 Å².